The Morgan fingerprint density at radius 2 is 1.92 bits per heavy atom. The lowest BCUT2D eigenvalue weighted by atomic mass is 9.93. The molecule has 4 N–H and O–H groups in total. The van der Waals surface area contributed by atoms with Crippen LogP contribution < -0.4 is 4.90 Å². The van der Waals surface area contributed by atoms with Crippen LogP contribution in [0.25, 0.3) is 0 Å². The van der Waals surface area contributed by atoms with Crippen molar-refractivity contribution in [2.75, 3.05) is 37.7 Å². The number of thiazole rings is 1. The summed E-state index contributed by atoms with van der Waals surface area (Å²) < 4.78 is 38.1. The zero-order valence-electron chi connectivity index (χ0n) is 13.9. The van der Waals surface area contributed by atoms with Gasteiger partial charge >= 0.3 is 6.18 Å². The summed E-state index contributed by atoms with van der Waals surface area (Å²) in [5.41, 5.74) is -0.891. The van der Waals surface area contributed by atoms with Crippen molar-refractivity contribution in [3.8, 4) is 0 Å². The van der Waals surface area contributed by atoms with Crippen LogP contribution in [0.3, 0.4) is 0 Å². The quantitative estimate of drug-likeness (QED) is 0.556. The molecular formula is C15H22F3N3O4S. The fourth-order valence-corrected chi connectivity index (χ4v) is 4.48. The number of piperidine rings is 1. The Balaban J connectivity index is 1.61. The van der Waals surface area contributed by atoms with Crippen LogP contribution in [0.5, 0.6) is 0 Å². The summed E-state index contributed by atoms with van der Waals surface area (Å²) in [6.45, 7) is 1.30. The minimum atomic E-state index is -4.46. The maximum absolute atomic E-state index is 12.7. The molecule has 2 saturated heterocycles. The second-order valence-corrected chi connectivity index (χ2v) is 7.70. The van der Waals surface area contributed by atoms with E-state index in [-0.39, 0.29) is 19.1 Å². The third-order valence-electron chi connectivity index (χ3n) is 5.05. The van der Waals surface area contributed by atoms with Gasteiger partial charge in [-0.2, -0.15) is 13.2 Å². The number of halogens is 3. The van der Waals surface area contributed by atoms with E-state index in [2.05, 4.69) is 4.98 Å². The topological polar surface area (TPSA) is 100 Å². The fraction of sp³-hybridized carbons (Fsp3) is 0.800. The maximum Gasteiger partial charge on any atom is 0.434 e. The molecule has 0 saturated carbocycles. The summed E-state index contributed by atoms with van der Waals surface area (Å²) in [7, 11) is 0. The van der Waals surface area contributed by atoms with Gasteiger partial charge in [-0.15, -0.1) is 11.3 Å². The van der Waals surface area contributed by atoms with Crippen LogP contribution in [0, 0.1) is 5.92 Å². The Morgan fingerprint density at radius 3 is 2.54 bits per heavy atom. The van der Waals surface area contributed by atoms with E-state index in [1.165, 1.54) is 0 Å². The molecule has 4 unspecified atom stereocenters. The van der Waals surface area contributed by atoms with E-state index in [1.54, 1.807) is 9.80 Å². The zero-order chi connectivity index (χ0) is 19.1. The van der Waals surface area contributed by atoms with Crippen LogP contribution in [0.15, 0.2) is 5.38 Å². The Bertz CT molecular complexity index is 617. The summed E-state index contributed by atoms with van der Waals surface area (Å²) in [6, 6.07) is -0.681. The molecule has 0 bridgehead atoms. The third kappa shape index (κ3) is 3.97. The largest absolute Gasteiger partial charge is 0.434 e. The smallest absolute Gasteiger partial charge is 0.395 e. The maximum atomic E-state index is 12.7. The Labute approximate surface area is 152 Å². The van der Waals surface area contributed by atoms with Crippen LogP contribution in [-0.4, -0.2) is 87.4 Å². The zero-order valence-corrected chi connectivity index (χ0v) is 14.7. The average Bonchev–Trinajstić information content (AvgIpc) is 3.21. The summed E-state index contributed by atoms with van der Waals surface area (Å²) >= 11 is 0.956. The van der Waals surface area contributed by atoms with Gasteiger partial charge in [0, 0.05) is 31.6 Å². The first-order chi connectivity index (χ1) is 12.2. The van der Waals surface area contributed by atoms with Crippen molar-refractivity contribution in [1.29, 1.82) is 0 Å². The highest BCUT2D eigenvalue weighted by molar-refractivity contribution is 7.13. The Morgan fingerprint density at radius 1 is 1.19 bits per heavy atom. The molecule has 2 fully saturated rings. The van der Waals surface area contributed by atoms with Gasteiger partial charge in [-0.05, 0) is 12.3 Å². The predicted octanol–water partition coefficient (Wildman–Crippen LogP) is -0.253. The van der Waals surface area contributed by atoms with Gasteiger partial charge < -0.3 is 25.3 Å². The molecule has 148 valence electrons. The van der Waals surface area contributed by atoms with Crippen LogP contribution in [-0.2, 0) is 6.18 Å². The highest BCUT2D eigenvalue weighted by atomic mass is 32.1. The number of hydrogen-bond donors (Lipinski definition) is 4. The van der Waals surface area contributed by atoms with E-state index in [0.29, 0.717) is 24.8 Å². The van der Waals surface area contributed by atoms with Crippen molar-refractivity contribution < 1.29 is 33.6 Å². The molecule has 11 heteroatoms. The first-order valence-electron chi connectivity index (χ1n) is 8.37. The van der Waals surface area contributed by atoms with Crippen molar-refractivity contribution in [1.82, 2.24) is 9.88 Å². The van der Waals surface area contributed by atoms with Crippen molar-refractivity contribution >= 4 is 16.5 Å². The second-order valence-electron chi connectivity index (χ2n) is 6.87. The number of aliphatic hydroxyl groups is 4. The van der Waals surface area contributed by atoms with Gasteiger partial charge in [-0.25, -0.2) is 4.98 Å². The molecular weight excluding hydrogens is 375 g/mol. The number of aliphatic hydroxyl groups excluding tert-OH is 4. The number of rotatable bonds is 4. The van der Waals surface area contributed by atoms with E-state index < -0.39 is 36.2 Å². The lowest BCUT2D eigenvalue weighted by Gasteiger charge is -2.44. The SMILES string of the molecule is OCC1C(O)C(O)C(O)CN1C[C@@H]1CCN(c2nc(C(F)(F)F)cs2)C1. The Kier molecular flexibility index (Phi) is 5.75. The monoisotopic (exact) mass is 397 g/mol. The van der Waals surface area contributed by atoms with E-state index in [4.69, 9.17) is 0 Å². The van der Waals surface area contributed by atoms with Crippen LogP contribution in [0.2, 0.25) is 0 Å². The van der Waals surface area contributed by atoms with E-state index in [1.807, 2.05) is 0 Å². The summed E-state index contributed by atoms with van der Waals surface area (Å²) in [5.74, 6) is 0.0944. The molecule has 2 aliphatic heterocycles. The van der Waals surface area contributed by atoms with E-state index in [0.717, 1.165) is 23.1 Å². The molecule has 2 aliphatic rings. The molecule has 0 spiro atoms. The molecule has 3 rings (SSSR count). The van der Waals surface area contributed by atoms with Gasteiger partial charge in [0.1, 0.15) is 12.2 Å². The number of likely N-dealkylation sites (tertiary alicyclic amines) is 1. The lowest BCUT2D eigenvalue weighted by Crippen LogP contribution is -2.63. The van der Waals surface area contributed by atoms with Crippen molar-refractivity contribution in [2.45, 2.75) is 37.0 Å². The minimum Gasteiger partial charge on any atom is -0.395 e. The molecule has 0 aromatic carbocycles. The van der Waals surface area contributed by atoms with Crippen LogP contribution in [0.1, 0.15) is 12.1 Å². The first-order valence-corrected chi connectivity index (χ1v) is 9.25. The Hall–Kier alpha value is -0.980. The summed E-state index contributed by atoms with van der Waals surface area (Å²) in [4.78, 5) is 7.19. The van der Waals surface area contributed by atoms with E-state index >= 15 is 0 Å². The predicted molar refractivity (Wildman–Crippen MR) is 87.9 cm³/mol. The number of anilines is 1. The van der Waals surface area contributed by atoms with Gasteiger partial charge in [-0.3, -0.25) is 4.90 Å². The summed E-state index contributed by atoms with van der Waals surface area (Å²) in [6.07, 6.45) is -7.40. The molecule has 0 amide bonds. The molecule has 0 aliphatic carbocycles. The number of hydrogen-bond acceptors (Lipinski definition) is 8. The van der Waals surface area contributed by atoms with Gasteiger partial charge in [-0.1, -0.05) is 0 Å². The number of aromatic nitrogens is 1. The summed E-state index contributed by atoms with van der Waals surface area (Å²) in [5, 5.41) is 40.4. The molecule has 26 heavy (non-hydrogen) atoms. The van der Waals surface area contributed by atoms with E-state index in [9.17, 15) is 33.6 Å². The molecule has 3 heterocycles. The lowest BCUT2D eigenvalue weighted by molar-refractivity contribution is -0.146. The van der Waals surface area contributed by atoms with Gasteiger partial charge in [0.05, 0.1) is 18.8 Å². The molecule has 7 nitrogen and oxygen atoms in total. The van der Waals surface area contributed by atoms with Gasteiger partial charge in [0.15, 0.2) is 10.8 Å². The highest BCUT2D eigenvalue weighted by Gasteiger charge is 2.42. The normalized spacial score (nSPS) is 33.8. The van der Waals surface area contributed by atoms with Crippen LogP contribution >= 0.6 is 11.3 Å². The number of nitrogens with zero attached hydrogens (tertiary/aromatic N) is 3. The van der Waals surface area contributed by atoms with Crippen molar-refractivity contribution in [2.24, 2.45) is 5.92 Å². The molecule has 1 aromatic rings. The van der Waals surface area contributed by atoms with Gasteiger partial charge in [0.25, 0.3) is 0 Å². The standard InChI is InChI=1S/C15H22F3N3O4S/c16-15(17,18)11-7-26-14(19-11)20-2-1-8(3-20)4-21-5-10(23)13(25)12(24)9(21)6-22/h7-10,12-13,22-25H,1-6H2/t8-,9?,10?,12?,13?/m1/s1. The average molecular weight is 397 g/mol. The third-order valence-corrected chi connectivity index (χ3v) is 5.95. The van der Waals surface area contributed by atoms with Crippen molar-refractivity contribution in [3.63, 3.8) is 0 Å². The van der Waals surface area contributed by atoms with Gasteiger partial charge in [0.2, 0.25) is 0 Å². The second kappa shape index (κ2) is 7.56. The molecule has 0 radical (unpaired) electrons. The number of alkyl halides is 3. The fourth-order valence-electron chi connectivity index (χ4n) is 3.62. The molecule has 5 atom stereocenters. The molecule has 1 aromatic heterocycles. The first kappa shape index (κ1) is 19.8. The minimum absolute atomic E-state index is 0.0944. The number of β-amino-alcohol motifs (C(OH)–C–C–N with tert-alkyl or cyclic N) is 1. The highest BCUT2D eigenvalue weighted by Crippen LogP contribution is 2.35. The van der Waals surface area contributed by atoms with Crippen LogP contribution in [0.4, 0.5) is 18.3 Å². The van der Waals surface area contributed by atoms with Crippen molar-refractivity contribution in [3.05, 3.63) is 11.1 Å².